The predicted octanol–water partition coefficient (Wildman–Crippen LogP) is 0.651. The number of amides is 2. The maximum Gasteiger partial charge on any atom is 0.244 e. The van der Waals surface area contributed by atoms with Gasteiger partial charge in [0.25, 0.3) is 0 Å². The summed E-state index contributed by atoms with van der Waals surface area (Å²) in [5, 5.41) is 5.72. The van der Waals surface area contributed by atoms with Gasteiger partial charge in [-0.15, -0.1) is 0 Å². The van der Waals surface area contributed by atoms with Crippen LogP contribution in [-0.4, -0.2) is 24.4 Å². The number of primary amides is 1. The molecular formula is C13H19N3O2. The Morgan fingerprint density at radius 1 is 1.28 bits per heavy atom. The molecule has 0 aliphatic rings. The minimum absolute atomic E-state index is 0.108. The van der Waals surface area contributed by atoms with Crippen LogP contribution in [0.3, 0.4) is 0 Å². The Hall–Kier alpha value is -1.88. The van der Waals surface area contributed by atoms with Crippen molar-refractivity contribution >= 4 is 17.5 Å². The van der Waals surface area contributed by atoms with Crippen molar-refractivity contribution in [1.29, 1.82) is 0 Å². The molecule has 18 heavy (non-hydrogen) atoms. The summed E-state index contributed by atoms with van der Waals surface area (Å²) in [6, 6.07) is 7.12. The number of rotatable bonds is 5. The van der Waals surface area contributed by atoms with Crippen LogP contribution in [0, 0.1) is 0 Å². The van der Waals surface area contributed by atoms with Crippen LogP contribution in [0.15, 0.2) is 24.3 Å². The zero-order valence-electron chi connectivity index (χ0n) is 10.9. The molecule has 0 aliphatic carbocycles. The van der Waals surface area contributed by atoms with E-state index in [4.69, 9.17) is 5.73 Å². The molecule has 5 nitrogen and oxygen atoms in total. The molecule has 98 valence electrons. The number of carbonyl (C=O) groups is 2. The van der Waals surface area contributed by atoms with E-state index in [1.165, 1.54) is 0 Å². The van der Waals surface area contributed by atoms with Crippen molar-refractivity contribution in [2.24, 2.45) is 5.73 Å². The number of hydrogen-bond donors (Lipinski definition) is 3. The maximum atomic E-state index is 12.0. The van der Waals surface area contributed by atoms with Gasteiger partial charge in [0, 0.05) is 5.69 Å². The van der Waals surface area contributed by atoms with Gasteiger partial charge in [-0.25, -0.2) is 0 Å². The lowest BCUT2D eigenvalue weighted by molar-refractivity contribution is -0.121. The van der Waals surface area contributed by atoms with E-state index < -0.39 is 11.4 Å². The van der Waals surface area contributed by atoms with E-state index in [1.54, 1.807) is 45.2 Å². The van der Waals surface area contributed by atoms with E-state index in [9.17, 15) is 9.59 Å². The van der Waals surface area contributed by atoms with Gasteiger partial charge in [-0.3, -0.25) is 9.59 Å². The smallest absolute Gasteiger partial charge is 0.244 e. The molecule has 1 aromatic carbocycles. The van der Waals surface area contributed by atoms with E-state index in [2.05, 4.69) is 10.6 Å². The van der Waals surface area contributed by atoms with Crippen LogP contribution in [0.25, 0.3) is 0 Å². The van der Waals surface area contributed by atoms with Gasteiger partial charge in [0.1, 0.15) is 0 Å². The third-order valence-corrected chi connectivity index (χ3v) is 2.82. The zero-order chi connectivity index (χ0) is 13.8. The Kier molecular flexibility index (Phi) is 4.44. The molecule has 0 aromatic heterocycles. The number of hydrogen-bond acceptors (Lipinski definition) is 3. The van der Waals surface area contributed by atoms with E-state index in [1.807, 2.05) is 0 Å². The van der Waals surface area contributed by atoms with Crippen molar-refractivity contribution in [1.82, 2.24) is 5.32 Å². The molecule has 0 saturated heterocycles. The molecule has 5 heteroatoms. The van der Waals surface area contributed by atoms with Gasteiger partial charge in [-0.1, -0.05) is 18.2 Å². The molecular weight excluding hydrogens is 230 g/mol. The molecule has 0 saturated carbocycles. The van der Waals surface area contributed by atoms with Crippen LogP contribution in [0.5, 0.6) is 0 Å². The highest BCUT2D eigenvalue weighted by Crippen LogP contribution is 2.17. The standard InChI is InChI=1S/C13H19N3O2/c1-13(2,15-3)12(18)16-10-7-5-4-6-9(10)8-11(14)17/h4-7,15H,8H2,1-3H3,(H2,14,17)(H,16,18). The van der Waals surface area contributed by atoms with Crippen molar-refractivity contribution in [3.05, 3.63) is 29.8 Å². The van der Waals surface area contributed by atoms with Crippen LogP contribution in [0.2, 0.25) is 0 Å². The molecule has 0 unspecified atom stereocenters. The fourth-order valence-corrected chi connectivity index (χ4v) is 1.38. The SMILES string of the molecule is CNC(C)(C)C(=O)Nc1ccccc1CC(N)=O. The van der Waals surface area contributed by atoms with Crippen molar-refractivity contribution in [3.63, 3.8) is 0 Å². The molecule has 0 aliphatic heterocycles. The normalized spacial score (nSPS) is 11.1. The van der Waals surface area contributed by atoms with Gasteiger partial charge < -0.3 is 16.4 Å². The first kappa shape index (κ1) is 14.2. The average Bonchev–Trinajstić information content (AvgIpc) is 2.31. The third kappa shape index (κ3) is 3.56. The van der Waals surface area contributed by atoms with Gasteiger partial charge in [0.05, 0.1) is 12.0 Å². The van der Waals surface area contributed by atoms with Crippen molar-refractivity contribution in [2.45, 2.75) is 25.8 Å². The quantitative estimate of drug-likeness (QED) is 0.716. The summed E-state index contributed by atoms with van der Waals surface area (Å²) >= 11 is 0. The van der Waals surface area contributed by atoms with Crippen LogP contribution in [-0.2, 0) is 16.0 Å². The van der Waals surface area contributed by atoms with Crippen LogP contribution >= 0.6 is 0 Å². The first-order valence-corrected chi connectivity index (χ1v) is 5.73. The Bertz CT molecular complexity index is 455. The number of benzene rings is 1. The van der Waals surface area contributed by atoms with Gasteiger partial charge in [0.15, 0.2) is 0 Å². The van der Waals surface area contributed by atoms with Crippen LogP contribution in [0.1, 0.15) is 19.4 Å². The maximum absolute atomic E-state index is 12.0. The largest absolute Gasteiger partial charge is 0.369 e. The minimum atomic E-state index is -0.681. The van der Waals surface area contributed by atoms with E-state index in [0.29, 0.717) is 11.3 Å². The number of anilines is 1. The summed E-state index contributed by atoms with van der Waals surface area (Å²) in [5.74, 6) is -0.591. The van der Waals surface area contributed by atoms with Gasteiger partial charge in [0.2, 0.25) is 11.8 Å². The summed E-state index contributed by atoms with van der Waals surface area (Å²) in [7, 11) is 1.72. The number of para-hydroxylation sites is 1. The second-order valence-corrected chi connectivity index (χ2v) is 4.63. The Morgan fingerprint density at radius 2 is 1.89 bits per heavy atom. The molecule has 2 amide bonds. The number of likely N-dealkylation sites (N-methyl/N-ethyl adjacent to an activating group) is 1. The topological polar surface area (TPSA) is 84.2 Å². The summed E-state index contributed by atoms with van der Waals surface area (Å²) in [6.45, 7) is 3.55. The molecule has 0 heterocycles. The van der Waals surface area contributed by atoms with Gasteiger partial charge >= 0.3 is 0 Å². The average molecular weight is 249 g/mol. The number of nitrogens with two attached hydrogens (primary N) is 1. The third-order valence-electron chi connectivity index (χ3n) is 2.82. The molecule has 1 rings (SSSR count). The lowest BCUT2D eigenvalue weighted by atomic mass is 10.0. The summed E-state index contributed by atoms with van der Waals surface area (Å²) < 4.78 is 0. The number of carbonyl (C=O) groups excluding carboxylic acids is 2. The lowest BCUT2D eigenvalue weighted by Crippen LogP contribution is -2.48. The highest BCUT2D eigenvalue weighted by Gasteiger charge is 2.25. The highest BCUT2D eigenvalue weighted by atomic mass is 16.2. The first-order valence-electron chi connectivity index (χ1n) is 5.73. The fourth-order valence-electron chi connectivity index (χ4n) is 1.38. The summed E-state index contributed by atoms with van der Waals surface area (Å²) in [6.07, 6.45) is 0.108. The highest BCUT2D eigenvalue weighted by molar-refractivity contribution is 5.98. The molecule has 0 radical (unpaired) electrons. The molecule has 1 aromatic rings. The Labute approximate surface area is 107 Å². The summed E-state index contributed by atoms with van der Waals surface area (Å²) in [5.41, 5.74) is 5.82. The molecule has 4 N–H and O–H groups in total. The molecule has 0 bridgehead atoms. The van der Waals surface area contributed by atoms with Crippen LogP contribution < -0.4 is 16.4 Å². The monoisotopic (exact) mass is 249 g/mol. The minimum Gasteiger partial charge on any atom is -0.369 e. The summed E-state index contributed by atoms with van der Waals surface area (Å²) in [4.78, 5) is 23.0. The van der Waals surface area contributed by atoms with Gasteiger partial charge in [-0.05, 0) is 32.5 Å². The second kappa shape index (κ2) is 5.64. The van der Waals surface area contributed by atoms with E-state index >= 15 is 0 Å². The zero-order valence-corrected chi connectivity index (χ0v) is 10.9. The fraction of sp³-hybridized carbons (Fsp3) is 0.385. The first-order chi connectivity index (χ1) is 8.36. The van der Waals surface area contributed by atoms with E-state index in [-0.39, 0.29) is 12.3 Å². The van der Waals surface area contributed by atoms with Crippen molar-refractivity contribution in [2.75, 3.05) is 12.4 Å². The van der Waals surface area contributed by atoms with Gasteiger partial charge in [-0.2, -0.15) is 0 Å². The molecule has 0 fully saturated rings. The van der Waals surface area contributed by atoms with E-state index in [0.717, 1.165) is 0 Å². The lowest BCUT2D eigenvalue weighted by Gasteiger charge is -2.23. The molecule has 0 atom stereocenters. The second-order valence-electron chi connectivity index (χ2n) is 4.63. The van der Waals surface area contributed by atoms with Crippen molar-refractivity contribution in [3.8, 4) is 0 Å². The predicted molar refractivity (Wildman–Crippen MR) is 71.1 cm³/mol. The van der Waals surface area contributed by atoms with Crippen molar-refractivity contribution < 1.29 is 9.59 Å². The van der Waals surface area contributed by atoms with Crippen LogP contribution in [0.4, 0.5) is 5.69 Å². The Balaban J connectivity index is 2.91. The number of nitrogens with one attached hydrogen (secondary N) is 2. The molecule has 0 spiro atoms. The Morgan fingerprint density at radius 3 is 2.44 bits per heavy atom.